The minimum absolute atomic E-state index is 0.0479. The molecule has 0 spiro atoms. The second-order valence-corrected chi connectivity index (χ2v) is 6.25. The lowest BCUT2D eigenvalue weighted by Gasteiger charge is -2.23. The van der Waals surface area contributed by atoms with Gasteiger partial charge in [0.2, 0.25) is 0 Å². The molecule has 0 aliphatic heterocycles. The molecule has 22 heavy (non-hydrogen) atoms. The lowest BCUT2D eigenvalue weighted by Crippen LogP contribution is -2.31. The van der Waals surface area contributed by atoms with E-state index in [1.54, 1.807) is 25.1 Å². The van der Waals surface area contributed by atoms with Gasteiger partial charge in [0.25, 0.3) is 10.0 Å². The quantitative estimate of drug-likeness (QED) is 0.811. The van der Waals surface area contributed by atoms with Crippen LogP contribution in [0.15, 0.2) is 47.4 Å². The summed E-state index contributed by atoms with van der Waals surface area (Å²) in [6.07, 6.45) is 5.30. The summed E-state index contributed by atoms with van der Waals surface area (Å²) in [7, 11) is -4.23. The van der Waals surface area contributed by atoms with Crippen LogP contribution in [0, 0.1) is 24.0 Å². The van der Waals surface area contributed by atoms with E-state index in [2.05, 4.69) is 5.92 Å². The van der Waals surface area contributed by atoms with Crippen molar-refractivity contribution >= 4 is 15.7 Å². The molecule has 2 aromatic rings. The van der Waals surface area contributed by atoms with Gasteiger partial charge in [-0.3, -0.25) is 4.31 Å². The van der Waals surface area contributed by atoms with Gasteiger partial charge in [0, 0.05) is 12.1 Å². The maximum atomic E-state index is 13.8. The highest BCUT2D eigenvalue weighted by molar-refractivity contribution is 7.92. The van der Waals surface area contributed by atoms with E-state index < -0.39 is 26.6 Å². The first-order valence-corrected chi connectivity index (χ1v) is 7.89. The number of hydrogen-bond acceptors (Lipinski definition) is 2. The fourth-order valence-corrected chi connectivity index (χ4v) is 3.59. The molecule has 0 aliphatic carbocycles. The Hall–Kier alpha value is -2.39. The number of rotatable bonds is 4. The summed E-state index contributed by atoms with van der Waals surface area (Å²) in [4.78, 5) is -0.708. The monoisotopic (exact) mass is 321 g/mol. The Kier molecular flexibility index (Phi) is 4.48. The zero-order valence-electron chi connectivity index (χ0n) is 11.8. The van der Waals surface area contributed by atoms with Gasteiger partial charge in [-0.1, -0.05) is 18.1 Å². The Morgan fingerprint density at radius 3 is 2.50 bits per heavy atom. The third-order valence-electron chi connectivity index (χ3n) is 3.07. The van der Waals surface area contributed by atoms with Crippen LogP contribution in [-0.2, 0) is 10.0 Å². The van der Waals surface area contributed by atoms with E-state index in [0.717, 1.165) is 22.5 Å². The highest BCUT2D eigenvalue weighted by Crippen LogP contribution is 2.26. The van der Waals surface area contributed by atoms with Crippen LogP contribution in [0.2, 0.25) is 0 Å². The standard InChI is InChI=1S/C16H13F2NO2S/c1-3-12-7-5-8-13(11-12)19(4-2)22(20,21)15-10-6-9-14(17)16(15)18/h1,5-11H,4H2,2H3. The summed E-state index contributed by atoms with van der Waals surface area (Å²) in [5.41, 5.74) is 0.785. The highest BCUT2D eigenvalue weighted by Gasteiger charge is 2.28. The Morgan fingerprint density at radius 2 is 1.86 bits per heavy atom. The predicted octanol–water partition coefficient (Wildman–Crippen LogP) is 3.16. The molecule has 0 N–H and O–H groups in total. The normalized spacial score (nSPS) is 11.0. The molecule has 0 saturated carbocycles. The maximum Gasteiger partial charge on any atom is 0.267 e. The van der Waals surface area contributed by atoms with Crippen molar-refractivity contribution in [1.82, 2.24) is 0 Å². The van der Waals surface area contributed by atoms with Crippen molar-refractivity contribution in [2.24, 2.45) is 0 Å². The van der Waals surface area contributed by atoms with Gasteiger partial charge in [-0.2, -0.15) is 0 Å². The van der Waals surface area contributed by atoms with E-state index in [1.807, 2.05) is 0 Å². The Balaban J connectivity index is 2.59. The molecule has 0 aromatic heterocycles. The molecule has 3 nitrogen and oxygen atoms in total. The van der Waals surface area contributed by atoms with Crippen LogP contribution in [0.25, 0.3) is 0 Å². The zero-order valence-corrected chi connectivity index (χ0v) is 12.6. The van der Waals surface area contributed by atoms with E-state index in [-0.39, 0.29) is 6.54 Å². The SMILES string of the molecule is C#Cc1cccc(N(CC)S(=O)(=O)c2cccc(F)c2F)c1. The lowest BCUT2D eigenvalue weighted by atomic mass is 10.2. The molecular formula is C16H13F2NO2S. The number of benzene rings is 2. The molecule has 0 heterocycles. The first kappa shape index (κ1) is 16.0. The largest absolute Gasteiger partial charge is 0.267 e. The Bertz CT molecular complexity index is 841. The molecule has 0 atom stereocenters. The van der Waals surface area contributed by atoms with Crippen LogP contribution >= 0.6 is 0 Å². The minimum atomic E-state index is -4.23. The van der Waals surface area contributed by atoms with Crippen LogP contribution < -0.4 is 4.31 Å². The van der Waals surface area contributed by atoms with Crippen molar-refractivity contribution in [3.8, 4) is 12.3 Å². The molecule has 6 heteroatoms. The van der Waals surface area contributed by atoms with E-state index >= 15 is 0 Å². The number of nitrogens with zero attached hydrogens (tertiary/aromatic N) is 1. The van der Waals surface area contributed by atoms with Crippen molar-refractivity contribution in [2.45, 2.75) is 11.8 Å². The molecule has 2 aromatic carbocycles. The molecule has 0 bridgehead atoms. The molecule has 0 radical (unpaired) electrons. The average molecular weight is 321 g/mol. The van der Waals surface area contributed by atoms with Gasteiger partial charge >= 0.3 is 0 Å². The molecule has 0 amide bonds. The molecule has 2 rings (SSSR count). The number of anilines is 1. The van der Waals surface area contributed by atoms with Gasteiger partial charge in [0.1, 0.15) is 4.90 Å². The summed E-state index contributed by atoms with van der Waals surface area (Å²) in [6.45, 7) is 1.64. The predicted molar refractivity (Wildman–Crippen MR) is 80.9 cm³/mol. The van der Waals surface area contributed by atoms with Crippen LogP contribution in [0.1, 0.15) is 12.5 Å². The number of sulfonamides is 1. The molecule has 0 saturated heterocycles. The van der Waals surface area contributed by atoms with Gasteiger partial charge in [-0.15, -0.1) is 6.42 Å². The Morgan fingerprint density at radius 1 is 1.18 bits per heavy atom. The van der Waals surface area contributed by atoms with Gasteiger partial charge in [0.05, 0.1) is 5.69 Å². The summed E-state index contributed by atoms with van der Waals surface area (Å²) >= 11 is 0. The topological polar surface area (TPSA) is 37.4 Å². The van der Waals surface area contributed by atoms with Gasteiger partial charge < -0.3 is 0 Å². The van der Waals surface area contributed by atoms with E-state index in [9.17, 15) is 17.2 Å². The smallest absolute Gasteiger partial charge is 0.266 e. The minimum Gasteiger partial charge on any atom is -0.266 e. The fraction of sp³-hybridized carbons (Fsp3) is 0.125. The van der Waals surface area contributed by atoms with E-state index in [0.29, 0.717) is 11.3 Å². The van der Waals surface area contributed by atoms with Crippen LogP contribution in [0.5, 0.6) is 0 Å². The van der Waals surface area contributed by atoms with Gasteiger partial charge in [0.15, 0.2) is 11.6 Å². The summed E-state index contributed by atoms with van der Waals surface area (Å²) in [5.74, 6) is -0.205. The summed E-state index contributed by atoms with van der Waals surface area (Å²) < 4.78 is 53.3. The van der Waals surface area contributed by atoms with Gasteiger partial charge in [-0.05, 0) is 37.3 Å². The van der Waals surface area contributed by atoms with E-state index in [4.69, 9.17) is 6.42 Å². The molecular weight excluding hydrogens is 308 g/mol. The van der Waals surface area contributed by atoms with Crippen LogP contribution in [0.4, 0.5) is 14.5 Å². The van der Waals surface area contributed by atoms with Crippen molar-refractivity contribution in [2.75, 3.05) is 10.8 Å². The molecule has 0 fully saturated rings. The maximum absolute atomic E-state index is 13.8. The van der Waals surface area contributed by atoms with E-state index in [1.165, 1.54) is 6.07 Å². The highest BCUT2D eigenvalue weighted by atomic mass is 32.2. The second-order valence-electron chi connectivity index (χ2n) is 4.42. The van der Waals surface area contributed by atoms with Crippen LogP contribution in [0.3, 0.4) is 0 Å². The molecule has 114 valence electrons. The number of terminal acetylenes is 1. The summed E-state index contributed by atoms with van der Waals surface area (Å²) in [6, 6.07) is 9.33. The van der Waals surface area contributed by atoms with Crippen LogP contribution in [-0.4, -0.2) is 15.0 Å². The number of halogens is 2. The van der Waals surface area contributed by atoms with Crippen molar-refractivity contribution < 1.29 is 17.2 Å². The fourth-order valence-electron chi connectivity index (χ4n) is 2.04. The molecule has 0 unspecified atom stereocenters. The average Bonchev–Trinajstić information content (AvgIpc) is 2.50. The van der Waals surface area contributed by atoms with Gasteiger partial charge in [-0.25, -0.2) is 17.2 Å². The third kappa shape index (κ3) is 2.81. The summed E-state index contributed by atoms with van der Waals surface area (Å²) in [5, 5.41) is 0. The lowest BCUT2D eigenvalue weighted by molar-refractivity contribution is 0.484. The van der Waals surface area contributed by atoms with Crippen molar-refractivity contribution in [1.29, 1.82) is 0 Å². The zero-order chi connectivity index (χ0) is 16.3. The number of hydrogen-bond donors (Lipinski definition) is 0. The first-order valence-electron chi connectivity index (χ1n) is 6.45. The second kappa shape index (κ2) is 6.16. The van der Waals surface area contributed by atoms with Crippen molar-refractivity contribution in [3.05, 3.63) is 59.7 Å². The third-order valence-corrected chi connectivity index (χ3v) is 4.99. The first-order chi connectivity index (χ1) is 10.4. The van der Waals surface area contributed by atoms with Crippen molar-refractivity contribution in [3.63, 3.8) is 0 Å². The Labute approximate surface area is 128 Å². The molecule has 0 aliphatic rings.